The lowest BCUT2D eigenvalue weighted by Crippen LogP contribution is -3.16. The number of nitrogens with one attached hydrogen (secondary N) is 2. The second kappa shape index (κ2) is 10.2. The summed E-state index contributed by atoms with van der Waals surface area (Å²) in [5, 5.41) is 2.97. The molecule has 3 rings (SSSR count). The van der Waals surface area contributed by atoms with Crippen LogP contribution >= 0.6 is 0 Å². The number of likely N-dealkylation sites (tertiary alicyclic amines) is 1. The zero-order valence-corrected chi connectivity index (χ0v) is 19.5. The molecule has 0 spiro atoms. The molecule has 30 heavy (non-hydrogen) atoms. The van der Waals surface area contributed by atoms with Crippen molar-refractivity contribution >= 4 is 15.9 Å². The fourth-order valence-corrected chi connectivity index (χ4v) is 6.65. The summed E-state index contributed by atoms with van der Waals surface area (Å²) in [6, 6.07) is 7.09. The first-order valence-corrected chi connectivity index (χ1v) is 12.9. The third kappa shape index (κ3) is 5.83. The Morgan fingerprint density at radius 3 is 2.40 bits per heavy atom. The molecule has 1 unspecified atom stereocenters. The molecule has 0 bridgehead atoms. The first-order valence-electron chi connectivity index (χ1n) is 11.5. The average molecular weight is 437 g/mol. The van der Waals surface area contributed by atoms with Crippen LogP contribution in [0.1, 0.15) is 63.2 Å². The smallest absolute Gasteiger partial charge is 0.251 e. The largest absolute Gasteiger partial charge is 0.352 e. The van der Waals surface area contributed by atoms with Crippen LogP contribution in [0, 0.1) is 11.8 Å². The maximum Gasteiger partial charge on any atom is 0.251 e. The van der Waals surface area contributed by atoms with Gasteiger partial charge in [-0.25, -0.2) is 8.42 Å². The van der Waals surface area contributed by atoms with Crippen molar-refractivity contribution in [3.05, 3.63) is 29.8 Å². The van der Waals surface area contributed by atoms with E-state index in [0.29, 0.717) is 37.0 Å². The molecule has 2 fully saturated rings. The van der Waals surface area contributed by atoms with E-state index in [0.717, 1.165) is 25.4 Å². The average Bonchev–Trinajstić information content (AvgIpc) is 2.71. The Morgan fingerprint density at radius 2 is 1.77 bits per heavy atom. The number of rotatable bonds is 7. The highest BCUT2D eigenvalue weighted by atomic mass is 32.2. The minimum Gasteiger partial charge on any atom is -0.352 e. The van der Waals surface area contributed by atoms with Crippen molar-refractivity contribution < 1.29 is 18.1 Å². The number of carbonyl (C=O) groups is 1. The molecule has 2 aliphatic rings. The van der Waals surface area contributed by atoms with Crippen LogP contribution in [0.2, 0.25) is 0 Å². The van der Waals surface area contributed by atoms with Crippen molar-refractivity contribution in [2.45, 2.75) is 63.8 Å². The minimum atomic E-state index is -3.51. The molecule has 0 saturated carbocycles. The van der Waals surface area contributed by atoms with Crippen LogP contribution in [-0.4, -0.2) is 57.4 Å². The summed E-state index contributed by atoms with van der Waals surface area (Å²) < 4.78 is 27.5. The lowest BCUT2D eigenvalue weighted by Gasteiger charge is -2.34. The van der Waals surface area contributed by atoms with Gasteiger partial charge in [-0.05, 0) is 68.7 Å². The number of carbonyl (C=O) groups excluding carboxylic acids is 1. The number of sulfonamides is 1. The summed E-state index contributed by atoms with van der Waals surface area (Å²) in [6.45, 7) is 10.6. The van der Waals surface area contributed by atoms with Crippen LogP contribution in [0.3, 0.4) is 0 Å². The minimum absolute atomic E-state index is 0.138. The third-order valence-corrected chi connectivity index (χ3v) is 8.48. The van der Waals surface area contributed by atoms with Crippen LogP contribution in [0.15, 0.2) is 29.2 Å². The van der Waals surface area contributed by atoms with E-state index in [-0.39, 0.29) is 10.8 Å². The van der Waals surface area contributed by atoms with Gasteiger partial charge in [-0.2, -0.15) is 4.31 Å². The number of benzene rings is 1. The van der Waals surface area contributed by atoms with Crippen molar-refractivity contribution in [2.24, 2.45) is 11.8 Å². The van der Waals surface area contributed by atoms with Gasteiger partial charge in [0.25, 0.3) is 5.91 Å². The molecule has 2 heterocycles. The number of quaternary nitrogens is 1. The van der Waals surface area contributed by atoms with E-state index in [1.54, 1.807) is 33.5 Å². The summed E-state index contributed by atoms with van der Waals surface area (Å²) in [5.74, 6) is 0.590. The van der Waals surface area contributed by atoms with Crippen molar-refractivity contribution in [2.75, 3.05) is 32.7 Å². The van der Waals surface area contributed by atoms with Gasteiger partial charge in [0.2, 0.25) is 10.0 Å². The molecule has 2 aliphatic heterocycles. The molecular formula is C23H38N3O3S+. The van der Waals surface area contributed by atoms with Crippen LogP contribution in [0.25, 0.3) is 0 Å². The fraction of sp³-hybridized carbons (Fsp3) is 0.696. The highest BCUT2D eigenvalue weighted by Gasteiger charge is 2.31. The maximum absolute atomic E-state index is 13.0. The molecule has 1 amide bonds. The molecule has 0 aliphatic carbocycles. The highest BCUT2D eigenvalue weighted by Crippen LogP contribution is 2.26. The van der Waals surface area contributed by atoms with Gasteiger partial charge in [0.05, 0.1) is 24.0 Å². The molecule has 0 radical (unpaired) electrons. The van der Waals surface area contributed by atoms with Crippen LogP contribution < -0.4 is 10.2 Å². The Balaban J connectivity index is 1.51. The van der Waals surface area contributed by atoms with Gasteiger partial charge in [-0.1, -0.05) is 13.8 Å². The Hall–Kier alpha value is -1.44. The molecular weight excluding hydrogens is 398 g/mol. The maximum atomic E-state index is 13.0. The first kappa shape index (κ1) is 23.2. The zero-order valence-electron chi connectivity index (χ0n) is 18.7. The van der Waals surface area contributed by atoms with Crippen LogP contribution in [0.4, 0.5) is 0 Å². The topological polar surface area (TPSA) is 70.9 Å². The second-order valence-electron chi connectivity index (χ2n) is 9.46. The molecule has 2 saturated heterocycles. The molecule has 0 aromatic heterocycles. The molecule has 1 aromatic carbocycles. The van der Waals surface area contributed by atoms with Crippen molar-refractivity contribution in [3.63, 3.8) is 0 Å². The SMILES string of the molecule is C[C@@H]1C[C@H](C)CN(S(=O)(=O)c2ccc(C(=O)NCCC[NH+]3CCCC[C@@H]3C)cc2)C1. The quantitative estimate of drug-likeness (QED) is 0.642. The van der Waals surface area contributed by atoms with E-state index in [1.807, 2.05) is 0 Å². The van der Waals surface area contributed by atoms with E-state index in [2.05, 4.69) is 26.1 Å². The Morgan fingerprint density at radius 1 is 1.10 bits per heavy atom. The van der Waals surface area contributed by atoms with Gasteiger partial charge in [0.1, 0.15) is 0 Å². The number of hydrogen-bond acceptors (Lipinski definition) is 3. The van der Waals surface area contributed by atoms with E-state index in [1.165, 1.54) is 25.8 Å². The van der Waals surface area contributed by atoms with E-state index < -0.39 is 10.0 Å². The number of amides is 1. The number of piperidine rings is 2. The van der Waals surface area contributed by atoms with Gasteiger partial charge < -0.3 is 10.2 Å². The Labute approximate surface area is 182 Å². The molecule has 168 valence electrons. The summed E-state index contributed by atoms with van der Waals surface area (Å²) in [5.41, 5.74) is 0.507. The summed E-state index contributed by atoms with van der Waals surface area (Å²) in [4.78, 5) is 14.3. The standard InChI is InChI=1S/C23H37N3O3S/c1-18-15-19(2)17-26(16-18)30(28,29)22-10-8-21(9-11-22)23(27)24-12-6-14-25-13-5-4-7-20(25)3/h8-11,18-20H,4-7,12-17H2,1-3H3,(H,24,27)/p+1/t18-,19+,20-/m0/s1. The van der Waals surface area contributed by atoms with Crippen LogP contribution in [-0.2, 0) is 10.0 Å². The van der Waals surface area contributed by atoms with Gasteiger partial charge >= 0.3 is 0 Å². The van der Waals surface area contributed by atoms with E-state index in [4.69, 9.17) is 0 Å². The molecule has 7 heteroatoms. The lowest BCUT2D eigenvalue weighted by molar-refractivity contribution is -0.928. The van der Waals surface area contributed by atoms with Gasteiger partial charge in [-0.15, -0.1) is 0 Å². The zero-order chi connectivity index (χ0) is 21.7. The fourth-order valence-electron chi connectivity index (χ4n) is 4.97. The number of nitrogens with zero attached hydrogens (tertiary/aromatic N) is 1. The highest BCUT2D eigenvalue weighted by molar-refractivity contribution is 7.89. The third-order valence-electron chi connectivity index (χ3n) is 6.63. The van der Waals surface area contributed by atoms with Crippen molar-refractivity contribution in [1.29, 1.82) is 0 Å². The van der Waals surface area contributed by atoms with Crippen molar-refractivity contribution in [1.82, 2.24) is 9.62 Å². The lowest BCUT2D eigenvalue weighted by atomic mass is 9.94. The predicted molar refractivity (Wildman–Crippen MR) is 119 cm³/mol. The van der Waals surface area contributed by atoms with Crippen molar-refractivity contribution in [3.8, 4) is 0 Å². The number of hydrogen-bond donors (Lipinski definition) is 2. The van der Waals surface area contributed by atoms with Crippen LogP contribution in [0.5, 0.6) is 0 Å². The summed E-state index contributed by atoms with van der Waals surface area (Å²) in [7, 11) is -3.51. The molecule has 6 nitrogen and oxygen atoms in total. The normalized spacial score (nSPS) is 28.2. The molecule has 2 N–H and O–H groups in total. The Kier molecular flexibility index (Phi) is 7.93. The van der Waals surface area contributed by atoms with E-state index in [9.17, 15) is 13.2 Å². The molecule has 4 atom stereocenters. The van der Waals surface area contributed by atoms with Gasteiger partial charge in [-0.3, -0.25) is 4.79 Å². The summed E-state index contributed by atoms with van der Waals surface area (Å²) >= 11 is 0. The van der Waals surface area contributed by atoms with Gasteiger partial charge in [0.15, 0.2) is 0 Å². The second-order valence-corrected chi connectivity index (χ2v) is 11.4. The van der Waals surface area contributed by atoms with Gasteiger partial charge in [0, 0.05) is 31.6 Å². The van der Waals surface area contributed by atoms with E-state index >= 15 is 0 Å². The predicted octanol–water partition coefficient (Wildman–Crippen LogP) is 1.93. The Bertz CT molecular complexity index is 799. The summed E-state index contributed by atoms with van der Waals surface area (Å²) in [6.07, 6.45) is 5.96. The monoisotopic (exact) mass is 436 g/mol. The first-order chi connectivity index (χ1) is 14.3. The molecule has 1 aromatic rings.